The Labute approximate surface area is 156 Å². The summed E-state index contributed by atoms with van der Waals surface area (Å²) in [5.74, 6) is -0.728. The number of hydrazone groups is 1. The molecule has 25 heavy (non-hydrogen) atoms. The van der Waals surface area contributed by atoms with Crippen molar-refractivity contribution in [3.05, 3.63) is 69.2 Å². The highest BCUT2D eigenvalue weighted by Gasteiger charge is 2.12. The number of carbonyl (C=O) groups excluding carboxylic acids is 1. The highest BCUT2D eigenvalue weighted by Crippen LogP contribution is 2.32. The largest absolute Gasteiger partial charge is 0.507 e. The fraction of sp³-hybridized carbons (Fsp3) is 0. The van der Waals surface area contributed by atoms with Crippen LogP contribution in [0.3, 0.4) is 0 Å². The van der Waals surface area contributed by atoms with Gasteiger partial charge in [0, 0.05) is 0 Å². The summed E-state index contributed by atoms with van der Waals surface area (Å²) in [6.07, 6.45) is 1.38. The van der Waals surface area contributed by atoms with Crippen LogP contribution in [0.2, 0.25) is 5.02 Å². The van der Waals surface area contributed by atoms with Crippen LogP contribution < -0.4 is 5.43 Å². The summed E-state index contributed by atoms with van der Waals surface area (Å²) in [6.45, 7) is 0. The van der Waals surface area contributed by atoms with Crippen LogP contribution in [0.4, 0.5) is 0 Å². The predicted molar refractivity (Wildman–Crippen MR) is 101 cm³/mol. The first-order valence-corrected chi connectivity index (χ1v) is 8.36. The molecule has 0 aliphatic heterocycles. The molecule has 0 bridgehead atoms. The molecular formula is C18H12BrClN2O3. The summed E-state index contributed by atoms with van der Waals surface area (Å²) in [5.41, 5.74) is 3.06. The van der Waals surface area contributed by atoms with Crippen molar-refractivity contribution in [2.75, 3.05) is 0 Å². The van der Waals surface area contributed by atoms with Crippen LogP contribution in [-0.2, 0) is 0 Å². The Kier molecular flexibility index (Phi) is 4.92. The Bertz CT molecular complexity index is 982. The molecule has 3 rings (SSSR count). The number of fused-ring (bicyclic) bond motifs is 1. The molecule has 7 heteroatoms. The summed E-state index contributed by atoms with van der Waals surface area (Å²) < 4.78 is 0.417. The molecule has 1 amide bonds. The van der Waals surface area contributed by atoms with Gasteiger partial charge in [-0.25, -0.2) is 5.43 Å². The summed E-state index contributed by atoms with van der Waals surface area (Å²) in [7, 11) is 0. The molecule has 0 atom stereocenters. The molecular weight excluding hydrogens is 408 g/mol. The number of rotatable bonds is 3. The Morgan fingerprint density at radius 3 is 2.48 bits per heavy atom. The van der Waals surface area contributed by atoms with E-state index in [1.165, 1.54) is 18.3 Å². The van der Waals surface area contributed by atoms with E-state index in [4.69, 9.17) is 11.6 Å². The number of hydrogen-bond donors (Lipinski definition) is 3. The van der Waals surface area contributed by atoms with Gasteiger partial charge in [0.25, 0.3) is 5.91 Å². The SMILES string of the molecule is O=C(N/N=C/c1cc(Cl)c(O)c(Br)c1)c1cc2ccccc2cc1O. The number of phenols is 2. The highest BCUT2D eigenvalue weighted by atomic mass is 79.9. The van der Waals surface area contributed by atoms with Crippen LogP contribution in [0.15, 0.2) is 58.1 Å². The second-order valence-electron chi connectivity index (χ2n) is 5.25. The van der Waals surface area contributed by atoms with Crippen LogP contribution in [0.1, 0.15) is 15.9 Å². The van der Waals surface area contributed by atoms with Crippen molar-refractivity contribution in [1.29, 1.82) is 0 Å². The zero-order valence-corrected chi connectivity index (χ0v) is 15.0. The third-order valence-corrected chi connectivity index (χ3v) is 4.42. The van der Waals surface area contributed by atoms with Crippen molar-refractivity contribution < 1.29 is 15.0 Å². The van der Waals surface area contributed by atoms with E-state index in [0.29, 0.717) is 10.0 Å². The van der Waals surface area contributed by atoms with Crippen LogP contribution >= 0.6 is 27.5 Å². The van der Waals surface area contributed by atoms with E-state index < -0.39 is 5.91 Å². The fourth-order valence-electron chi connectivity index (χ4n) is 2.30. The van der Waals surface area contributed by atoms with E-state index in [-0.39, 0.29) is 22.1 Å². The van der Waals surface area contributed by atoms with Crippen molar-refractivity contribution >= 4 is 50.4 Å². The third-order valence-electron chi connectivity index (χ3n) is 3.53. The minimum atomic E-state index is -0.538. The lowest BCUT2D eigenvalue weighted by Gasteiger charge is -2.06. The topological polar surface area (TPSA) is 81.9 Å². The van der Waals surface area contributed by atoms with E-state index in [9.17, 15) is 15.0 Å². The average molecular weight is 420 g/mol. The Morgan fingerprint density at radius 2 is 1.80 bits per heavy atom. The molecule has 5 nitrogen and oxygen atoms in total. The molecule has 126 valence electrons. The Morgan fingerprint density at radius 1 is 1.12 bits per heavy atom. The molecule has 3 N–H and O–H groups in total. The van der Waals surface area contributed by atoms with Gasteiger partial charge in [-0.3, -0.25) is 4.79 Å². The van der Waals surface area contributed by atoms with Crippen LogP contribution in [0.25, 0.3) is 10.8 Å². The second kappa shape index (κ2) is 7.13. The third kappa shape index (κ3) is 3.75. The van der Waals surface area contributed by atoms with Gasteiger partial charge < -0.3 is 10.2 Å². The molecule has 0 unspecified atom stereocenters. The molecule has 0 saturated heterocycles. The maximum absolute atomic E-state index is 12.2. The first kappa shape index (κ1) is 17.3. The number of phenolic OH excluding ortho intramolecular Hbond substituents is 2. The first-order chi connectivity index (χ1) is 12.0. The molecule has 3 aromatic rings. The van der Waals surface area contributed by atoms with Gasteiger partial charge >= 0.3 is 0 Å². The number of nitrogens with zero attached hydrogens (tertiary/aromatic N) is 1. The molecule has 0 aliphatic carbocycles. The Hall–Kier alpha value is -2.57. The second-order valence-corrected chi connectivity index (χ2v) is 6.51. The zero-order valence-electron chi connectivity index (χ0n) is 12.7. The van der Waals surface area contributed by atoms with Gasteiger partial charge in [0.1, 0.15) is 11.5 Å². The van der Waals surface area contributed by atoms with Gasteiger partial charge in [0.2, 0.25) is 0 Å². The van der Waals surface area contributed by atoms with E-state index >= 15 is 0 Å². The number of halogens is 2. The molecule has 0 aromatic heterocycles. The van der Waals surface area contributed by atoms with E-state index in [1.807, 2.05) is 24.3 Å². The summed E-state index contributed by atoms with van der Waals surface area (Å²) in [5, 5.41) is 25.3. The molecule has 0 saturated carbocycles. The number of benzene rings is 3. The number of carbonyl (C=O) groups is 1. The predicted octanol–water partition coefficient (Wildman–Crippen LogP) is 4.43. The van der Waals surface area contributed by atoms with E-state index in [1.54, 1.807) is 12.1 Å². The van der Waals surface area contributed by atoms with Crippen molar-refractivity contribution in [3.63, 3.8) is 0 Å². The standard InChI is InChI=1S/C18H12BrClN2O3/c19-14-5-10(6-15(20)17(14)24)9-21-22-18(25)13-7-11-3-1-2-4-12(11)8-16(13)23/h1-9,23-24H,(H,22,25)/b21-9+. The quantitative estimate of drug-likeness (QED) is 0.434. The fourth-order valence-corrected chi connectivity index (χ4v) is 3.12. The van der Waals surface area contributed by atoms with Crippen LogP contribution in [0, 0.1) is 0 Å². The molecule has 0 heterocycles. The Balaban J connectivity index is 1.80. The summed E-state index contributed by atoms with van der Waals surface area (Å²) >= 11 is 9.04. The van der Waals surface area contributed by atoms with Gasteiger partial charge in [-0.2, -0.15) is 5.10 Å². The van der Waals surface area contributed by atoms with Crippen molar-refractivity contribution in [2.45, 2.75) is 0 Å². The molecule has 0 radical (unpaired) electrons. The van der Waals surface area contributed by atoms with Crippen LogP contribution in [0.5, 0.6) is 11.5 Å². The van der Waals surface area contributed by atoms with Gasteiger partial charge in [-0.05, 0) is 56.5 Å². The maximum Gasteiger partial charge on any atom is 0.275 e. The minimum absolute atomic E-state index is 0.0658. The number of hydrogen-bond acceptors (Lipinski definition) is 4. The van der Waals surface area contributed by atoms with Gasteiger partial charge in [-0.1, -0.05) is 35.9 Å². The number of aromatic hydroxyl groups is 2. The first-order valence-electron chi connectivity index (χ1n) is 7.19. The zero-order chi connectivity index (χ0) is 18.0. The lowest BCUT2D eigenvalue weighted by molar-refractivity contribution is 0.0952. The monoisotopic (exact) mass is 418 g/mol. The van der Waals surface area contributed by atoms with Crippen molar-refractivity contribution in [2.24, 2.45) is 5.10 Å². The number of nitrogens with one attached hydrogen (secondary N) is 1. The summed E-state index contributed by atoms with van der Waals surface area (Å²) in [6, 6.07) is 13.6. The molecule has 0 aliphatic rings. The molecule has 0 fully saturated rings. The van der Waals surface area contributed by atoms with Gasteiger partial charge in [0.05, 0.1) is 21.3 Å². The van der Waals surface area contributed by atoms with Crippen LogP contribution in [-0.4, -0.2) is 22.3 Å². The molecule has 0 spiro atoms. The van der Waals surface area contributed by atoms with Gasteiger partial charge in [0.15, 0.2) is 0 Å². The average Bonchev–Trinajstić information content (AvgIpc) is 2.58. The summed E-state index contributed by atoms with van der Waals surface area (Å²) in [4.78, 5) is 12.2. The maximum atomic E-state index is 12.2. The lowest BCUT2D eigenvalue weighted by Crippen LogP contribution is -2.17. The van der Waals surface area contributed by atoms with Crippen molar-refractivity contribution in [3.8, 4) is 11.5 Å². The van der Waals surface area contributed by atoms with Crippen molar-refractivity contribution in [1.82, 2.24) is 5.43 Å². The lowest BCUT2D eigenvalue weighted by atomic mass is 10.1. The number of amides is 1. The smallest absolute Gasteiger partial charge is 0.275 e. The van der Waals surface area contributed by atoms with E-state index in [2.05, 4.69) is 26.5 Å². The minimum Gasteiger partial charge on any atom is -0.507 e. The highest BCUT2D eigenvalue weighted by molar-refractivity contribution is 9.10. The van der Waals surface area contributed by atoms with Gasteiger partial charge in [-0.15, -0.1) is 0 Å². The molecule has 3 aromatic carbocycles. The van der Waals surface area contributed by atoms with E-state index in [0.717, 1.165) is 10.8 Å². The normalized spacial score (nSPS) is 11.1.